The highest BCUT2D eigenvalue weighted by Gasteiger charge is 2.27. The highest BCUT2D eigenvalue weighted by Crippen LogP contribution is 2.43. The second-order valence-corrected chi connectivity index (χ2v) is 16.4. The Kier molecular flexibility index (Phi) is 8.38. The number of allylic oxidation sites excluding steroid dienone is 18. The number of aromatic nitrogens is 2. The molecular weight excluding hydrogens is 677 g/mol. The van der Waals surface area contributed by atoms with Gasteiger partial charge in [0.25, 0.3) is 0 Å². The predicted molar refractivity (Wildman–Crippen MR) is 237 cm³/mol. The molecule has 2 aromatic heterocycles. The quantitative estimate of drug-likeness (QED) is 0.165. The fourth-order valence-electron chi connectivity index (χ4n) is 10.4. The van der Waals surface area contributed by atoms with Gasteiger partial charge in [-0.15, -0.1) is 0 Å². The van der Waals surface area contributed by atoms with Crippen LogP contribution in [0.4, 0.5) is 0 Å². The van der Waals surface area contributed by atoms with Gasteiger partial charge in [0, 0.05) is 50.8 Å². The molecule has 2 nitrogen and oxygen atoms in total. The van der Waals surface area contributed by atoms with E-state index in [1.165, 1.54) is 83.4 Å². The topological polar surface area (TPSA) is 9.86 Å². The maximum atomic E-state index is 2.62. The smallest absolute Gasteiger partial charge is 0.0560 e. The number of fused-ring (bicyclic) bond motifs is 6. The maximum Gasteiger partial charge on any atom is 0.0560 e. The molecule has 0 N–H and O–H groups in total. The molecular formula is C54H48N2. The summed E-state index contributed by atoms with van der Waals surface area (Å²) in [6, 6.07) is 27.6. The average molecular weight is 725 g/mol. The molecule has 0 saturated heterocycles. The Hall–Kier alpha value is -5.86. The highest BCUT2D eigenvalue weighted by molar-refractivity contribution is 5.93. The first-order valence-electron chi connectivity index (χ1n) is 21.0. The Morgan fingerprint density at radius 1 is 0.607 bits per heavy atom. The number of para-hydroxylation sites is 2. The Morgan fingerprint density at radius 2 is 1.43 bits per heavy atom. The molecule has 0 amide bonds. The molecule has 2 heteroatoms. The minimum Gasteiger partial charge on any atom is -0.333 e. The molecule has 2 heterocycles. The summed E-state index contributed by atoms with van der Waals surface area (Å²) in [4.78, 5) is 0. The molecule has 0 spiro atoms. The molecule has 6 aliphatic rings. The Bertz CT molecular complexity index is 2710. The summed E-state index contributed by atoms with van der Waals surface area (Å²) in [6.07, 6.45) is 46.1. The summed E-state index contributed by atoms with van der Waals surface area (Å²) in [5, 5.41) is 2.77. The molecule has 56 heavy (non-hydrogen) atoms. The SMILES string of the molecule is C1=CCCC(C2=CC(C3C=C(c4ccc(-n5c6c(c7ccccc75)C=CCC6)cc4)C=CC3)=C[C@@H](C3=CCC(n4c5c(c6ccccc64)CCC=C5)C=C3)C2)=C1. The fraction of sp³-hybridized carbons (Fsp3) is 0.222. The standard InChI is InChI=1S/C54H48N2/c1-2-13-37(14-3-1)42-34-43(39-27-31-46(32-28-39)56-53-23-10-6-19-49(53)50-20-7-11-24-54(50)56)36-44(35-42)41-16-12-15-40(33-41)38-25-29-45(30-26-38)55-51-21-8-4-17-47(51)48-18-5-9-22-52(48)55/h1-2,4-6,8,10-13,15,17-19,21,23-31,33,35-36,41,43,46H,3,7,9,14,16,20,22,32,34H2/t41?,43-,46?/m0/s1. The zero-order valence-corrected chi connectivity index (χ0v) is 32.1. The Morgan fingerprint density at radius 3 is 2.29 bits per heavy atom. The van der Waals surface area contributed by atoms with Gasteiger partial charge < -0.3 is 9.13 Å². The lowest BCUT2D eigenvalue weighted by atomic mass is 9.75. The minimum atomic E-state index is 0.335. The van der Waals surface area contributed by atoms with Crippen LogP contribution < -0.4 is 0 Å². The van der Waals surface area contributed by atoms with Crippen LogP contribution in [0.3, 0.4) is 0 Å². The minimum absolute atomic E-state index is 0.335. The lowest BCUT2D eigenvalue weighted by Crippen LogP contribution is -2.16. The molecule has 0 bridgehead atoms. The molecule has 5 aromatic rings. The van der Waals surface area contributed by atoms with E-state index in [4.69, 9.17) is 0 Å². The summed E-state index contributed by atoms with van der Waals surface area (Å²) in [5.41, 5.74) is 18.2. The molecule has 0 aliphatic heterocycles. The van der Waals surface area contributed by atoms with E-state index in [1.54, 1.807) is 0 Å². The Labute approximate surface area is 330 Å². The van der Waals surface area contributed by atoms with Crippen LogP contribution in [0.25, 0.3) is 45.2 Å². The van der Waals surface area contributed by atoms with Crippen LogP contribution >= 0.6 is 0 Å². The number of aryl methyl sites for hydroxylation is 1. The number of hydrogen-bond donors (Lipinski definition) is 0. The second kappa shape index (κ2) is 14.0. The highest BCUT2D eigenvalue weighted by atomic mass is 15.0. The van der Waals surface area contributed by atoms with Crippen LogP contribution in [0.2, 0.25) is 0 Å². The van der Waals surface area contributed by atoms with Gasteiger partial charge in [0.15, 0.2) is 0 Å². The largest absolute Gasteiger partial charge is 0.333 e. The van der Waals surface area contributed by atoms with Crippen molar-refractivity contribution in [3.8, 4) is 5.69 Å². The van der Waals surface area contributed by atoms with Gasteiger partial charge >= 0.3 is 0 Å². The molecule has 6 aliphatic carbocycles. The molecule has 0 fully saturated rings. The van der Waals surface area contributed by atoms with Gasteiger partial charge in [-0.3, -0.25) is 0 Å². The molecule has 2 unspecified atom stereocenters. The molecule has 274 valence electrons. The van der Waals surface area contributed by atoms with Gasteiger partial charge in [-0.1, -0.05) is 134 Å². The first-order valence-corrected chi connectivity index (χ1v) is 21.0. The van der Waals surface area contributed by atoms with Gasteiger partial charge in [0.2, 0.25) is 0 Å². The normalized spacial score (nSPS) is 22.7. The number of rotatable bonds is 6. The van der Waals surface area contributed by atoms with E-state index in [0.29, 0.717) is 17.9 Å². The van der Waals surface area contributed by atoms with Crippen molar-refractivity contribution in [1.82, 2.24) is 9.13 Å². The maximum absolute atomic E-state index is 2.62. The van der Waals surface area contributed by atoms with Gasteiger partial charge in [0.1, 0.15) is 0 Å². The van der Waals surface area contributed by atoms with Crippen molar-refractivity contribution in [3.05, 3.63) is 202 Å². The van der Waals surface area contributed by atoms with Crippen molar-refractivity contribution in [1.29, 1.82) is 0 Å². The zero-order chi connectivity index (χ0) is 37.0. The van der Waals surface area contributed by atoms with Crippen molar-refractivity contribution >= 4 is 39.5 Å². The summed E-state index contributed by atoms with van der Waals surface area (Å²) >= 11 is 0. The van der Waals surface area contributed by atoms with E-state index in [2.05, 4.69) is 173 Å². The third kappa shape index (κ3) is 5.77. The van der Waals surface area contributed by atoms with E-state index >= 15 is 0 Å². The van der Waals surface area contributed by atoms with E-state index in [0.717, 1.165) is 57.8 Å². The third-order valence-electron chi connectivity index (χ3n) is 13.2. The number of nitrogens with zero attached hydrogens (tertiary/aromatic N) is 2. The van der Waals surface area contributed by atoms with E-state index in [1.807, 2.05) is 0 Å². The number of hydrogen-bond acceptors (Lipinski definition) is 0. The third-order valence-corrected chi connectivity index (χ3v) is 13.2. The van der Waals surface area contributed by atoms with Crippen molar-refractivity contribution in [2.45, 2.75) is 63.8 Å². The van der Waals surface area contributed by atoms with Gasteiger partial charge in [-0.25, -0.2) is 0 Å². The second-order valence-electron chi connectivity index (χ2n) is 16.4. The molecule has 0 saturated carbocycles. The van der Waals surface area contributed by atoms with Crippen LogP contribution in [0.5, 0.6) is 0 Å². The van der Waals surface area contributed by atoms with E-state index in [-0.39, 0.29) is 0 Å². The fourth-order valence-corrected chi connectivity index (χ4v) is 10.4. The van der Waals surface area contributed by atoms with Crippen LogP contribution in [0.1, 0.15) is 79.1 Å². The van der Waals surface area contributed by atoms with Gasteiger partial charge in [0.05, 0.1) is 11.6 Å². The van der Waals surface area contributed by atoms with Crippen LogP contribution in [0.15, 0.2) is 174 Å². The average Bonchev–Trinajstić information content (AvgIpc) is 3.80. The van der Waals surface area contributed by atoms with E-state index in [9.17, 15) is 0 Å². The van der Waals surface area contributed by atoms with Crippen molar-refractivity contribution in [2.24, 2.45) is 11.8 Å². The van der Waals surface area contributed by atoms with Crippen molar-refractivity contribution in [2.75, 3.05) is 0 Å². The van der Waals surface area contributed by atoms with E-state index < -0.39 is 0 Å². The van der Waals surface area contributed by atoms with Crippen LogP contribution in [-0.2, 0) is 12.8 Å². The van der Waals surface area contributed by atoms with Gasteiger partial charge in [-0.2, -0.15) is 0 Å². The molecule has 3 atom stereocenters. The number of benzene rings is 3. The lowest BCUT2D eigenvalue weighted by Gasteiger charge is -2.30. The van der Waals surface area contributed by atoms with Crippen molar-refractivity contribution in [3.63, 3.8) is 0 Å². The molecule has 0 radical (unpaired) electrons. The Balaban J connectivity index is 0.896. The van der Waals surface area contributed by atoms with Gasteiger partial charge in [-0.05, 0) is 127 Å². The van der Waals surface area contributed by atoms with Crippen LogP contribution in [-0.4, -0.2) is 9.13 Å². The lowest BCUT2D eigenvalue weighted by molar-refractivity contribution is 0.606. The predicted octanol–water partition coefficient (Wildman–Crippen LogP) is 13.7. The summed E-state index contributed by atoms with van der Waals surface area (Å²) in [5.74, 6) is 0.730. The van der Waals surface area contributed by atoms with Crippen molar-refractivity contribution < 1.29 is 0 Å². The first-order chi connectivity index (χ1) is 27.8. The molecule has 3 aromatic carbocycles. The van der Waals surface area contributed by atoms with Crippen LogP contribution in [0, 0.1) is 11.8 Å². The summed E-state index contributed by atoms with van der Waals surface area (Å²) in [6.45, 7) is 0. The zero-order valence-electron chi connectivity index (χ0n) is 32.1. The monoisotopic (exact) mass is 724 g/mol. The summed E-state index contributed by atoms with van der Waals surface area (Å²) < 4.78 is 5.10. The first kappa shape index (κ1) is 33.5. The summed E-state index contributed by atoms with van der Waals surface area (Å²) in [7, 11) is 0. The molecule has 11 rings (SSSR count).